The van der Waals surface area contributed by atoms with Crippen LogP contribution < -0.4 is 20.1 Å². The summed E-state index contributed by atoms with van der Waals surface area (Å²) in [5.74, 6) is 0.0934. The number of carbonyl (C=O) groups excluding carboxylic acids is 2. The third-order valence-corrected chi connectivity index (χ3v) is 5.46. The Morgan fingerprint density at radius 3 is 2.32 bits per heavy atom. The summed E-state index contributed by atoms with van der Waals surface area (Å²) >= 11 is 0. The first-order valence-corrected chi connectivity index (χ1v) is 10.2. The van der Waals surface area contributed by atoms with Gasteiger partial charge in [-0.05, 0) is 54.9 Å². The second kappa shape index (κ2) is 8.09. The van der Waals surface area contributed by atoms with Crippen molar-refractivity contribution in [2.75, 3.05) is 18.6 Å². The third kappa shape index (κ3) is 4.38. The number of ether oxygens (including phenoxy) is 1. The van der Waals surface area contributed by atoms with E-state index in [1.807, 2.05) is 0 Å². The van der Waals surface area contributed by atoms with E-state index >= 15 is 0 Å². The summed E-state index contributed by atoms with van der Waals surface area (Å²) in [5, 5.41) is 8.17. The summed E-state index contributed by atoms with van der Waals surface area (Å²) < 4.78 is 27.6. The summed E-state index contributed by atoms with van der Waals surface area (Å²) in [6.07, 6.45) is 0.667. The Morgan fingerprint density at radius 2 is 1.75 bits per heavy atom. The topological polar surface area (TPSA) is 119 Å². The molecule has 1 fully saturated rings. The number of rotatable bonds is 7. The molecule has 0 unspecified atom stereocenters. The molecule has 3 N–H and O–H groups in total. The fourth-order valence-corrected chi connectivity index (χ4v) is 3.55. The van der Waals surface area contributed by atoms with Crippen molar-refractivity contribution in [3.8, 4) is 5.75 Å². The van der Waals surface area contributed by atoms with Gasteiger partial charge in [-0.25, -0.2) is 18.5 Å². The molecule has 8 nitrogen and oxygen atoms in total. The lowest BCUT2D eigenvalue weighted by Crippen LogP contribution is -2.39. The zero-order chi connectivity index (χ0) is 20.3. The molecule has 0 spiro atoms. The van der Waals surface area contributed by atoms with Gasteiger partial charge in [-0.2, -0.15) is 0 Å². The van der Waals surface area contributed by atoms with Crippen LogP contribution >= 0.6 is 0 Å². The average Bonchev–Trinajstić information content (AvgIpc) is 2.95. The van der Waals surface area contributed by atoms with E-state index in [0.29, 0.717) is 24.4 Å². The van der Waals surface area contributed by atoms with E-state index in [0.717, 1.165) is 5.56 Å². The minimum Gasteiger partial charge on any atom is -0.497 e. The van der Waals surface area contributed by atoms with E-state index in [-0.39, 0.29) is 23.1 Å². The average molecular weight is 403 g/mol. The molecule has 148 valence electrons. The van der Waals surface area contributed by atoms with E-state index < -0.39 is 16.1 Å². The lowest BCUT2D eigenvalue weighted by Gasteiger charge is -2.16. The molecule has 9 heteroatoms. The smallest absolute Gasteiger partial charge is 0.251 e. The highest BCUT2D eigenvalue weighted by molar-refractivity contribution is 7.89. The minimum absolute atomic E-state index is 0.0518. The van der Waals surface area contributed by atoms with Gasteiger partial charge in [0.25, 0.3) is 5.91 Å². The number of nitrogens with one attached hydrogen (secondary N) is 1. The van der Waals surface area contributed by atoms with Gasteiger partial charge < -0.3 is 10.1 Å². The number of hydrogen-bond donors (Lipinski definition) is 2. The van der Waals surface area contributed by atoms with Crippen molar-refractivity contribution in [3.05, 3.63) is 54.1 Å². The number of primary sulfonamides is 1. The Kier molecular flexibility index (Phi) is 5.78. The van der Waals surface area contributed by atoms with Crippen molar-refractivity contribution >= 4 is 27.5 Å². The van der Waals surface area contributed by atoms with Crippen LogP contribution in [0.25, 0.3) is 0 Å². The zero-order valence-electron chi connectivity index (χ0n) is 15.3. The van der Waals surface area contributed by atoms with Crippen molar-refractivity contribution in [2.45, 2.75) is 23.8 Å². The van der Waals surface area contributed by atoms with Gasteiger partial charge in [-0.15, -0.1) is 0 Å². The summed E-state index contributed by atoms with van der Waals surface area (Å²) in [7, 11) is -2.17. The molecule has 1 aliphatic rings. The second-order valence-corrected chi connectivity index (χ2v) is 7.98. The quantitative estimate of drug-likeness (QED) is 0.661. The summed E-state index contributed by atoms with van der Waals surface area (Å²) in [6.45, 7) is 0.467. The first kappa shape index (κ1) is 20.0. The molecule has 2 aromatic carbocycles. The Balaban J connectivity index is 1.58. The van der Waals surface area contributed by atoms with Gasteiger partial charge in [0.2, 0.25) is 15.9 Å². The molecule has 1 atom stereocenters. The van der Waals surface area contributed by atoms with Crippen molar-refractivity contribution in [1.82, 2.24) is 5.32 Å². The van der Waals surface area contributed by atoms with E-state index in [1.165, 1.54) is 17.0 Å². The second-order valence-electron chi connectivity index (χ2n) is 6.42. The SMILES string of the molecule is COc1ccc(N2C(=O)C[C@@H](NCCc3ccc(S(N)(=O)=O)cc3)C2=O)cc1. The van der Waals surface area contributed by atoms with Crippen LogP contribution in [0.2, 0.25) is 0 Å². The number of methoxy groups -OCH3 is 1. The molecule has 28 heavy (non-hydrogen) atoms. The van der Waals surface area contributed by atoms with Gasteiger partial charge in [0.1, 0.15) is 5.75 Å². The van der Waals surface area contributed by atoms with Crippen molar-refractivity contribution in [2.24, 2.45) is 5.14 Å². The van der Waals surface area contributed by atoms with Crippen molar-refractivity contribution in [3.63, 3.8) is 0 Å². The molecule has 1 heterocycles. The Labute approximate surface area is 163 Å². The summed E-state index contributed by atoms with van der Waals surface area (Å²) in [5.41, 5.74) is 1.40. The van der Waals surface area contributed by atoms with E-state index in [4.69, 9.17) is 9.88 Å². The summed E-state index contributed by atoms with van der Waals surface area (Å²) in [4.78, 5) is 26.1. The maximum absolute atomic E-state index is 12.6. The molecular formula is C19H21N3O5S. The molecule has 0 aromatic heterocycles. The zero-order valence-corrected chi connectivity index (χ0v) is 16.1. The molecule has 2 amide bonds. The normalized spacial score (nSPS) is 17.2. The number of benzene rings is 2. The number of sulfonamides is 1. The van der Waals surface area contributed by atoms with Crippen LogP contribution in [0, 0.1) is 0 Å². The van der Waals surface area contributed by atoms with Gasteiger partial charge in [0.05, 0.1) is 30.2 Å². The van der Waals surface area contributed by atoms with Crippen LogP contribution in [-0.4, -0.2) is 39.9 Å². The number of nitrogens with zero attached hydrogens (tertiary/aromatic N) is 1. The van der Waals surface area contributed by atoms with E-state index in [9.17, 15) is 18.0 Å². The van der Waals surface area contributed by atoms with Crippen LogP contribution in [0.4, 0.5) is 5.69 Å². The van der Waals surface area contributed by atoms with Crippen LogP contribution in [0.15, 0.2) is 53.4 Å². The molecule has 0 bridgehead atoms. The Bertz CT molecular complexity index is 972. The lowest BCUT2D eigenvalue weighted by atomic mass is 10.1. The van der Waals surface area contributed by atoms with Gasteiger partial charge in [0.15, 0.2) is 0 Å². The number of carbonyl (C=O) groups is 2. The third-order valence-electron chi connectivity index (χ3n) is 4.53. The highest BCUT2D eigenvalue weighted by Gasteiger charge is 2.39. The fraction of sp³-hybridized carbons (Fsp3) is 0.263. The van der Waals surface area contributed by atoms with Crippen LogP contribution in [0.5, 0.6) is 5.75 Å². The molecular weight excluding hydrogens is 382 g/mol. The number of nitrogens with two attached hydrogens (primary N) is 1. The highest BCUT2D eigenvalue weighted by Crippen LogP contribution is 2.25. The fourth-order valence-electron chi connectivity index (χ4n) is 3.03. The minimum atomic E-state index is -3.71. The predicted molar refractivity (Wildman–Crippen MR) is 103 cm³/mol. The standard InChI is InChI=1S/C19H21N3O5S/c1-27-15-6-4-14(5-7-15)22-18(23)12-17(19(22)24)21-11-10-13-2-8-16(9-3-13)28(20,25)26/h2-9,17,21H,10-12H2,1H3,(H2,20,25,26)/t17-/m1/s1. The van der Waals surface area contributed by atoms with Gasteiger partial charge in [-0.3, -0.25) is 9.59 Å². The van der Waals surface area contributed by atoms with Crippen LogP contribution in [-0.2, 0) is 26.0 Å². The number of amides is 2. The van der Waals surface area contributed by atoms with Gasteiger partial charge in [-0.1, -0.05) is 12.1 Å². The number of imide groups is 1. The predicted octanol–water partition coefficient (Wildman–Crippen LogP) is 0.807. The van der Waals surface area contributed by atoms with Crippen LogP contribution in [0.3, 0.4) is 0 Å². The van der Waals surface area contributed by atoms with Crippen molar-refractivity contribution in [1.29, 1.82) is 0 Å². The number of anilines is 1. The number of hydrogen-bond acceptors (Lipinski definition) is 6. The summed E-state index contributed by atoms with van der Waals surface area (Å²) in [6, 6.07) is 12.4. The van der Waals surface area contributed by atoms with E-state index in [2.05, 4.69) is 5.32 Å². The van der Waals surface area contributed by atoms with E-state index in [1.54, 1.807) is 43.5 Å². The molecule has 2 aromatic rings. The Morgan fingerprint density at radius 1 is 1.11 bits per heavy atom. The monoisotopic (exact) mass is 403 g/mol. The largest absolute Gasteiger partial charge is 0.497 e. The maximum atomic E-state index is 12.6. The van der Waals surface area contributed by atoms with Gasteiger partial charge >= 0.3 is 0 Å². The first-order valence-electron chi connectivity index (χ1n) is 8.65. The lowest BCUT2D eigenvalue weighted by molar-refractivity contribution is -0.121. The Hall–Kier alpha value is -2.75. The first-order chi connectivity index (χ1) is 13.3. The van der Waals surface area contributed by atoms with Crippen molar-refractivity contribution < 1.29 is 22.7 Å². The molecule has 1 aliphatic heterocycles. The molecule has 0 radical (unpaired) electrons. The molecule has 3 rings (SSSR count). The van der Waals surface area contributed by atoms with Crippen LogP contribution in [0.1, 0.15) is 12.0 Å². The van der Waals surface area contributed by atoms with Gasteiger partial charge in [0, 0.05) is 0 Å². The maximum Gasteiger partial charge on any atom is 0.251 e. The molecule has 0 aliphatic carbocycles. The molecule has 0 saturated carbocycles. The highest BCUT2D eigenvalue weighted by atomic mass is 32.2. The molecule has 1 saturated heterocycles.